The Labute approximate surface area is 171 Å². The summed E-state index contributed by atoms with van der Waals surface area (Å²) in [5.74, 6) is 1.56. The van der Waals surface area contributed by atoms with Crippen molar-refractivity contribution in [3.63, 3.8) is 0 Å². The third-order valence-electron chi connectivity index (χ3n) is 4.90. The van der Waals surface area contributed by atoms with Gasteiger partial charge in [0.15, 0.2) is 0 Å². The fourth-order valence-corrected chi connectivity index (χ4v) is 3.47. The summed E-state index contributed by atoms with van der Waals surface area (Å²) in [6, 6.07) is 8.08. The monoisotopic (exact) mass is 403 g/mol. The average Bonchev–Trinajstić information content (AvgIpc) is 2.59. The number of halogens is 2. The van der Waals surface area contributed by atoms with E-state index in [1.54, 1.807) is 0 Å². The van der Waals surface area contributed by atoms with Gasteiger partial charge in [0.05, 0.1) is 0 Å². The number of piperidine rings is 1. The quantitative estimate of drug-likeness (QED) is 0.744. The highest BCUT2D eigenvalue weighted by atomic mass is 35.5. The van der Waals surface area contributed by atoms with Crippen molar-refractivity contribution in [3.05, 3.63) is 29.8 Å². The minimum atomic E-state index is 0. The molecule has 0 aliphatic carbocycles. The van der Waals surface area contributed by atoms with Crippen LogP contribution in [0.15, 0.2) is 24.3 Å². The molecule has 1 aromatic rings. The van der Waals surface area contributed by atoms with Gasteiger partial charge < -0.3 is 15.1 Å². The van der Waals surface area contributed by atoms with E-state index in [1.807, 2.05) is 24.1 Å². The van der Waals surface area contributed by atoms with Crippen LogP contribution < -0.4 is 10.2 Å². The largest absolute Gasteiger partial charge is 0.374 e. The molecule has 0 atom stereocenters. The Morgan fingerprint density at radius 1 is 1.19 bits per heavy atom. The molecular formula is C20H35Cl2N3O. The first-order chi connectivity index (χ1) is 11.5. The molecule has 0 unspecified atom stereocenters. The number of amides is 1. The van der Waals surface area contributed by atoms with Crippen LogP contribution in [-0.4, -0.2) is 51.1 Å². The van der Waals surface area contributed by atoms with E-state index < -0.39 is 0 Å². The summed E-state index contributed by atoms with van der Waals surface area (Å²) in [4.78, 5) is 16.9. The number of carbonyl (C=O) groups is 1. The van der Waals surface area contributed by atoms with Gasteiger partial charge in [0.1, 0.15) is 0 Å². The van der Waals surface area contributed by atoms with Gasteiger partial charge >= 0.3 is 0 Å². The van der Waals surface area contributed by atoms with Crippen molar-refractivity contribution in [2.75, 3.05) is 45.2 Å². The van der Waals surface area contributed by atoms with Gasteiger partial charge in [-0.3, -0.25) is 4.79 Å². The molecule has 0 aromatic heterocycles. The second-order valence-electron chi connectivity index (χ2n) is 7.45. The van der Waals surface area contributed by atoms with Gasteiger partial charge in [-0.1, -0.05) is 13.8 Å². The maximum absolute atomic E-state index is 12.7. The zero-order valence-electron chi connectivity index (χ0n) is 16.5. The lowest BCUT2D eigenvalue weighted by Crippen LogP contribution is -2.39. The standard InChI is InChI=1S/C20H33N3O.2ClH/c1-16(2)15-22(4)19-7-5-18(6-8-19)20(24)23-13-10-17(11-14-23)9-12-21-3;;/h5-8,16-17,21H,9-15H2,1-4H3;2*1H. The topological polar surface area (TPSA) is 35.6 Å². The minimum Gasteiger partial charge on any atom is -0.374 e. The number of benzene rings is 1. The van der Waals surface area contributed by atoms with Crippen molar-refractivity contribution in [1.82, 2.24) is 10.2 Å². The summed E-state index contributed by atoms with van der Waals surface area (Å²) in [5.41, 5.74) is 1.98. The van der Waals surface area contributed by atoms with Gasteiger partial charge in [0.25, 0.3) is 5.91 Å². The van der Waals surface area contributed by atoms with Crippen LogP contribution in [0.3, 0.4) is 0 Å². The molecule has 1 amide bonds. The summed E-state index contributed by atoms with van der Waals surface area (Å²) < 4.78 is 0. The first kappa shape index (κ1) is 25.0. The molecule has 1 aliphatic rings. The Hall–Kier alpha value is -0.970. The molecule has 2 rings (SSSR count). The Morgan fingerprint density at radius 2 is 1.77 bits per heavy atom. The van der Waals surface area contributed by atoms with E-state index in [4.69, 9.17) is 0 Å². The Balaban J connectivity index is 0.00000312. The number of carbonyl (C=O) groups excluding carboxylic acids is 1. The highest BCUT2D eigenvalue weighted by molar-refractivity contribution is 5.94. The van der Waals surface area contributed by atoms with Crippen molar-refractivity contribution >= 4 is 36.4 Å². The summed E-state index contributed by atoms with van der Waals surface area (Å²) in [5, 5.41) is 3.22. The van der Waals surface area contributed by atoms with Gasteiger partial charge in [0.2, 0.25) is 0 Å². The van der Waals surface area contributed by atoms with Crippen LogP contribution in [0.1, 0.15) is 43.5 Å². The van der Waals surface area contributed by atoms with Crippen LogP contribution in [0, 0.1) is 11.8 Å². The van der Waals surface area contributed by atoms with Crippen LogP contribution in [-0.2, 0) is 0 Å². The molecule has 4 nitrogen and oxygen atoms in total. The van der Waals surface area contributed by atoms with Crippen molar-refractivity contribution in [3.8, 4) is 0 Å². The number of nitrogens with zero attached hydrogens (tertiary/aromatic N) is 2. The third-order valence-corrected chi connectivity index (χ3v) is 4.90. The number of rotatable bonds is 7. The molecule has 1 aromatic carbocycles. The Morgan fingerprint density at radius 3 is 2.27 bits per heavy atom. The van der Waals surface area contributed by atoms with E-state index >= 15 is 0 Å². The van der Waals surface area contributed by atoms with Crippen LogP contribution in [0.2, 0.25) is 0 Å². The summed E-state index contributed by atoms with van der Waals surface area (Å²) in [6.45, 7) is 8.31. The van der Waals surface area contributed by atoms with E-state index in [9.17, 15) is 4.79 Å². The number of likely N-dealkylation sites (tertiary alicyclic amines) is 1. The number of anilines is 1. The highest BCUT2D eigenvalue weighted by Gasteiger charge is 2.23. The van der Waals surface area contributed by atoms with Gasteiger partial charge in [0, 0.05) is 37.9 Å². The third kappa shape index (κ3) is 7.34. The SMILES string of the molecule is CNCCC1CCN(C(=O)c2ccc(N(C)CC(C)C)cc2)CC1.Cl.Cl. The van der Waals surface area contributed by atoms with E-state index in [2.05, 4.69) is 43.2 Å². The van der Waals surface area contributed by atoms with Crippen LogP contribution in [0.5, 0.6) is 0 Å². The molecule has 0 radical (unpaired) electrons. The van der Waals surface area contributed by atoms with E-state index in [1.165, 1.54) is 12.1 Å². The smallest absolute Gasteiger partial charge is 0.253 e. The predicted octanol–water partition coefficient (Wildman–Crippen LogP) is 4.08. The maximum atomic E-state index is 12.7. The molecule has 1 N–H and O–H groups in total. The molecule has 150 valence electrons. The first-order valence-corrected chi connectivity index (χ1v) is 9.26. The average molecular weight is 404 g/mol. The molecule has 1 aliphatic heterocycles. The summed E-state index contributed by atoms with van der Waals surface area (Å²) >= 11 is 0. The van der Waals surface area contributed by atoms with Gasteiger partial charge in [-0.2, -0.15) is 0 Å². The number of hydrogen-bond acceptors (Lipinski definition) is 3. The normalized spacial score (nSPS) is 14.6. The highest BCUT2D eigenvalue weighted by Crippen LogP contribution is 2.22. The first-order valence-electron chi connectivity index (χ1n) is 9.26. The van der Waals surface area contributed by atoms with Crippen LogP contribution in [0.4, 0.5) is 5.69 Å². The van der Waals surface area contributed by atoms with E-state index in [0.29, 0.717) is 5.92 Å². The van der Waals surface area contributed by atoms with Crippen molar-refractivity contribution in [1.29, 1.82) is 0 Å². The molecule has 1 heterocycles. The second-order valence-corrected chi connectivity index (χ2v) is 7.45. The molecule has 0 bridgehead atoms. The minimum absolute atomic E-state index is 0. The lowest BCUT2D eigenvalue weighted by Gasteiger charge is -2.32. The van der Waals surface area contributed by atoms with Crippen molar-refractivity contribution in [2.45, 2.75) is 33.1 Å². The summed E-state index contributed by atoms with van der Waals surface area (Å²) in [7, 11) is 4.10. The Bertz CT molecular complexity index is 514. The fourth-order valence-electron chi connectivity index (χ4n) is 3.47. The number of hydrogen-bond donors (Lipinski definition) is 1. The zero-order valence-corrected chi connectivity index (χ0v) is 18.2. The molecule has 1 fully saturated rings. The van der Waals surface area contributed by atoms with Crippen LogP contribution >= 0.6 is 24.8 Å². The van der Waals surface area contributed by atoms with Gasteiger partial charge in [-0.15, -0.1) is 24.8 Å². The molecule has 0 spiro atoms. The molecule has 26 heavy (non-hydrogen) atoms. The van der Waals surface area contributed by atoms with Crippen molar-refractivity contribution < 1.29 is 4.79 Å². The predicted molar refractivity (Wildman–Crippen MR) is 116 cm³/mol. The van der Waals surface area contributed by atoms with E-state index in [-0.39, 0.29) is 30.7 Å². The fraction of sp³-hybridized carbons (Fsp3) is 0.650. The molecular weight excluding hydrogens is 369 g/mol. The Kier molecular flexibility index (Phi) is 12.0. The maximum Gasteiger partial charge on any atom is 0.253 e. The van der Waals surface area contributed by atoms with Gasteiger partial charge in [-0.05, 0) is 69.0 Å². The summed E-state index contributed by atoms with van der Waals surface area (Å²) in [6.07, 6.45) is 3.47. The van der Waals surface area contributed by atoms with E-state index in [0.717, 1.165) is 50.5 Å². The number of nitrogens with one attached hydrogen (secondary N) is 1. The molecule has 0 saturated carbocycles. The van der Waals surface area contributed by atoms with Crippen LogP contribution in [0.25, 0.3) is 0 Å². The van der Waals surface area contributed by atoms with Crippen molar-refractivity contribution in [2.24, 2.45) is 11.8 Å². The van der Waals surface area contributed by atoms with Gasteiger partial charge in [-0.25, -0.2) is 0 Å². The molecule has 6 heteroatoms. The second kappa shape index (κ2) is 12.4. The molecule has 1 saturated heterocycles. The lowest BCUT2D eigenvalue weighted by molar-refractivity contribution is 0.0687. The lowest BCUT2D eigenvalue weighted by atomic mass is 9.93. The zero-order chi connectivity index (χ0) is 17.5.